The lowest BCUT2D eigenvalue weighted by Gasteiger charge is -2.09. The number of nitrogens with one attached hydrogen (secondary N) is 2. The van der Waals surface area contributed by atoms with E-state index in [-0.39, 0.29) is 6.03 Å². The third-order valence-electron chi connectivity index (χ3n) is 3.41. The van der Waals surface area contributed by atoms with E-state index in [4.69, 9.17) is 0 Å². The van der Waals surface area contributed by atoms with Gasteiger partial charge in [-0.05, 0) is 42.0 Å². The van der Waals surface area contributed by atoms with Gasteiger partial charge < -0.3 is 15.2 Å². The van der Waals surface area contributed by atoms with E-state index in [0.717, 1.165) is 18.7 Å². The number of aromatic nitrogens is 6. The van der Waals surface area contributed by atoms with Crippen molar-refractivity contribution in [1.82, 2.24) is 35.1 Å². The first-order valence-corrected chi connectivity index (χ1v) is 7.58. The summed E-state index contributed by atoms with van der Waals surface area (Å²) in [5, 5.41) is 17.0. The number of urea groups is 1. The molecule has 0 atom stereocenters. The Hall–Kier alpha value is -3.23. The van der Waals surface area contributed by atoms with Gasteiger partial charge in [0.2, 0.25) is 0 Å². The lowest BCUT2D eigenvalue weighted by atomic mass is 10.3. The molecule has 0 aliphatic heterocycles. The molecule has 0 fully saturated rings. The van der Waals surface area contributed by atoms with Gasteiger partial charge in [0.25, 0.3) is 0 Å². The average Bonchev–Trinajstić information content (AvgIpc) is 3.23. The largest absolute Gasteiger partial charge is 0.338 e. The monoisotopic (exact) mass is 326 g/mol. The Balaban J connectivity index is 1.50. The fraction of sp³-hybridized carbons (Fsp3) is 0.267. The summed E-state index contributed by atoms with van der Waals surface area (Å²) in [7, 11) is 0. The van der Waals surface area contributed by atoms with E-state index >= 15 is 0 Å². The van der Waals surface area contributed by atoms with Crippen LogP contribution in [0.15, 0.2) is 43.0 Å². The fourth-order valence-corrected chi connectivity index (χ4v) is 2.24. The molecule has 2 heterocycles. The molecule has 2 aromatic heterocycles. The van der Waals surface area contributed by atoms with Crippen molar-refractivity contribution in [3.8, 4) is 5.69 Å². The minimum Gasteiger partial charge on any atom is -0.338 e. The number of imidazole rings is 1. The molecular formula is C15H18N8O. The zero-order valence-corrected chi connectivity index (χ0v) is 13.3. The molecule has 1 aromatic carbocycles. The molecule has 0 radical (unpaired) electrons. The number of aryl methyl sites for hydroxylation is 2. The topological polar surface area (TPSA) is 103 Å². The zero-order valence-electron chi connectivity index (χ0n) is 13.3. The van der Waals surface area contributed by atoms with Crippen LogP contribution in [0.4, 0.5) is 10.5 Å². The molecule has 9 heteroatoms. The number of benzene rings is 1. The first-order chi connectivity index (χ1) is 11.7. The highest BCUT2D eigenvalue weighted by Crippen LogP contribution is 2.14. The van der Waals surface area contributed by atoms with E-state index in [1.54, 1.807) is 17.2 Å². The second-order valence-corrected chi connectivity index (χ2v) is 5.22. The average molecular weight is 326 g/mol. The minimum absolute atomic E-state index is 0.244. The normalized spacial score (nSPS) is 10.5. The van der Waals surface area contributed by atoms with Gasteiger partial charge in [-0.15, -0.1) is 5.10 Å². The maximum atomic E-state index is 12.0. The Morgan fingerprint density at radius 1 is 1.33 bits per heavy atom. The third-order valence-corrected chi connectivity index (χ3v) is 3.41. The Morgan fingerprint density at radius 2 is 2.25 bits per heavy atom. The highest BCUT2D eigenvalue weighted by atomic mass is 16.2. The van der Waals surface area contributed by atoms with Crippen molar-refractivity contribution >= 4 is 11.7 Å². The van der Waals surface area contributed by atoms with Crippen LogP contribution in [0.1, 0.15) is 12.2 Å². The van der Waals surface area contributed by atoms with Crippen molar-refractivity contribution in [2.45, 2.75) is 19.9 Å². The first-order valence-electron chi connectivity index (χ1n) is 7.58. The number of amides is 2. The summed E-state index contributed by atoms with van der Waals surface area (Å²) < 4.78 is 3.58. The van der Waals surface area contributed by atoms with Gasteiger partial charge in [0.1, 0.15) is 0 Å². The van der Waals surface area contributed by atoms with Gasteiger partial charge in [0.05, 0.1) is 12.0 Å². The van der Waals surface area contributed by atoms with E-state index < -0.39 is 0 Å². The Labute approximate surface area is 138 Å². The molecule has 0 bridgehead atoms. The highest BCUT2D eigenvalue weighted by Gasteiger charge is 2.06. The molecule has 3 rings (SSSR count). The molecule has 9 nitrogen and oxygen atoms in total. The summed E-state index contributed by atoms with van der Waals surface area (Å²) in [6.07, 6.45) is 6.21. The van der Waals surface area contributed by atoms with Crippen LogP contribution in [-0.2, 0) is 6.54 Å². The predicted molar refractivity (Wildman–Crippen MR) is 87.8 cm³/mol. The number of tetrazole rings is 1. The molecule has 0 aliphatic carbocycles. The summed E-state index contributed by atoms with van der Waals surface area (Å²) in [5.41, 5.74) is 1.46. The van der Waals surface area contributed by atoms with E-state index in [1.807, 2.05) is 42.0 Å². The van der Waals surface area contributed by atoms with Crippen LogP contribution in [-0.4, -0.2) is 42.3 Å². The van der Waals surface area contributed by atoms with Gasteiger partial charge in [0, 0.05) is 31.2 Å². The van der Waals surface area contributed by atoms with Crippen molar-refractivity contribution in [1.29, 1.82) is 0 Å². The van der Waals surface area contributed by atoms with Crippen LogP contribution >= 0.6 is 0 Å². The van der Waals surface area contributed by atoms with Gasteiger partial charge in [-0.3, -0.25) is 0 Å². The third kappa shape index (κ3) is 3.94. The molecule has 0 unspecified atom stereocenters. The smallest absolute Gasteiger partial charge is 0.319 e. The molecule has 0 saturated heterocycles. The van der Waals surface area contributed by atoms with Crippen LogP contribution in [0.2, 0.25) is 0 Å². The number of nitrogens with zero attached hydrogens (tertiary/aromatic N) is 6. The Bertz CT molecular complexity index is 795. The summed E-state index contributed by atoms with van der Waals surface area (Å²) in [6.45, 7) is 3.21. The number of hydrogen-bond acceptors (Lipinski definition) is 5. The Morgan fingerprint density at radius 3 is 3.00 bits per heavy atom. The number of anilines is 1. The Kier molecular flexibility index (Phi) is 4.80. The van der Waals surface area contributed by atoms with Crippen LogP contribution in [0.25, 0.3) is 5.69 Å². The SMILES string of the molecule is Cc1nnnn1-c1cccc(NC(=O)NCCCn2ccnc2)c1. The van der Waals surface area contributed by atoms with Crippen LogP contribution < -0.4 is 10.6 Å². The molecule has 0 aliphatic rings. The van der Waals surface area contributed by atoms with Crippen molar-refractivity contribution in [2.75, 3.05) is 11.9 Å². The molecule has 24 heavy (non-hydrogen) atoms. The summed E-state index contributed by atoms with van der Waals surface area (Å²) in [5.74, 6) is 0.677. The molecule has 3 aromatic rings. The lowest BCUT2D eigenvalue weighted by Crippen LogP contribution is -2.30. The molecular weight excluding hydrogens is 308 g/mol. The van der Waals surface area contributed by atoms with Crippen LogP contribution in [0.3, 0.4) is 0 Å². The summed E-state index contributed by atoms with van der Waals surface area (Å²) >= 11 is 0. The van der Waals surface area contributed by atoms with Gasteiger partial charge in [-0.1, -0.05) is 6.07 Å². The molecule has 2 N–H and O–H groups in total. The van der Waals surface area contributed by atoms with Crippen LogP contribution in [0.5, 0.6) is 0 Å². The standard InChI is InChI=1S/C15H18N8O/c1-12-19-20-21-23(12)14-5-2-4-13(10-14)18-15(24)17-6-3-8-22-9-7-16-11-22/h2,4-5,7,9-11H,3,6,8H2,1H3,(H2,17,18,24). The van der Waals surface area contributed by atoms with Gasteiger partial charge in [-0.2, -0.15) is 4.68 Å². The second-order valence-electron chi connectivity index (χ2n) is 5.22. The zero-order chi connectivity index (χ0) is 16.8. The minimum atomic E-state index is -0.244. The van der Waals surface area contributed by atoms with E-state index in [2.05, 4.69) is 31.1 Å². The predicted octanol–water partition coefficient (Wildman–Crippen LogP) is 1.38. The van der Waals surface area contributed by atoms with Gasteiger partial charge >= 0.3 is 6.03 Å². The van der Waals surface area contributed by atoms with Gasteiger partial charge in [-0.25, -0.2) is 9.78 Å². The van der Waals surface area contributed by atoms with Gasteiger partial charge in [0.15, 0.2) is 5.82 Å². The second kappa shape index (κ2) is 7.36. The van der Waals surface area contributed by atoms with Crippen LogP contribution in [0, 0.1) is 6.92 Å². The quantitative estimate of drug-likeness (QED) is 0.666. The summed E-state index contributed by atoms with van der Waals surface area (Å²) in [4.78, 5) is 15.9. The number of carbonyl (C=O) groups excluding carboxylic acids is 1. The van der Waals surface area contributed by atoms with Crippen molar-refractivity contribution in [3.63, 3.8) is 0 Å². The van der Waals surface area contributed by atoms with Crippen molar-refractivity contribution in [2.24, 2.45) is 0 Å². The van der Waals surface area contributed by atoms with Crippen molar-refractivity contribution in [3.05, 3.63) is 48.8 Å². The maximum Gasteiger partial charge on any atom is 0.319 e. The number of hydrogen-bond donors (Lipinski definition) is 2. The molecule has 124 valence electrons. The summed E-state index contributed by atoms with van der Waals surface area (Å²) in [6, 6.07) is 7.09. The van der Waals surface area contributed by atoms with E-state index in [0.29, 0.717) is 18.1 Å². The highest BCUT2D eigenvalue weighted by molar-refractivity contribution is 5.89. The van der Waals surface area contributed by atoms with E-state index in [1.165, 1.54) is 0 Å². The maximum absolute atomic E-state index is 12.0. The lowest BCUT2D eigenvalue weighted by molar-refractivity contribution is 0.252. The number of carbonyl (C=O) groups is 1. The van der Waals surface area contributed by atoms with E-state index in [9.17, 15) is 4.79 Å². The number of rotatable bonds is 6. The van der Waals surface area contributed by atoms with Crippen molar-refractivity contribution < 1.29 is 4.79 Å². The molecule has 0 saturated carbocycles. The fourth-order valence-electron chi connectivity index (χ4n) is 2.24. The molecule has 0 spiro atoms. The molecule has 2 amide bonds. The first kappa shape index (κ1) is 15.7.